The quantitative estimate of drug-likeness (QED) is 0.404. The Hall–Kier alpha value is -1.98. The van der Waals surface area contributed by atoms with Crippen LogP contribution in [-0.2, 0) is 22.5 Å². The van der Waals surface area contributed by atoms with Crippen LogP contribution in [0, 0.1) is 0 Å². The molecule has 37 heavy (non-hydrogen) atoms. The van der Waals surface area contributed by atoms with Gasteiger partial charge in [0.25, 0.3) is 0 Å². The maximum atomic E-state index is 13.5. The molecule has 1 unspecified atom stereocenters. The average Bonchev–Trinajstić information content (AvgIpc) is 3.38. The summed E-state index contributed by atoms with van der Waals surface area (Å²) in [4.78, 5) is 22.6. The van der Waals surface area contributed by atoms with E-state index in [-0.39, 0.29) is 31.1 Å². The van der Waals surface area contributed by atoms with E-state index >= 15 is 0 Å². The molecule has 2 aliphatic rings. The first-order chi connectivity index (χ1) is 17.4. The summed E-state index contributed by atoms with van der Waals surface area (Å²) < 4.78 is 47.4. The van der Waals surface area contributed by atoms with Gasteiger partial charge in [-0.1, -0.05) is 23.2 Å². The van der Waals surface area contributed by atoms with E-state index < -0.39 is 18.1 Å². The summed E-state index contributed by atoms with van der Waals surface area (Å²) in [5, 5.41) is 4.31. The van der Waals surface area contributed by atoms with Crippen LogP contribution in [0.1, 0.15) is 37.1 Å². The minimum absolute atomic E-state index is 0.112. The number of morpholine rings is 1. The Morgan fingerprint density at radius 2 is 2.03 bits per heavy atom. The molecule has 2 saturated heterocycles. The van der Waals surface area contributed by atoms with Crippen LogP contribution in [0.3, 0.4) is 0 Å². The number of hydrogen-bond acceptors (Lipinski definition) is 6. The fourth-order valence-corrected chi connectivity index (χ4v) is 6.73. The van der Waals surface area contributed by atoms with E-state index in [0.717, 1.165) is 22.6 Å². The lowest BCUT2D eigenvalue weighted by Gasteiger charge is -2.37. The summed E-state index contributed by atoms with van der Waals surface area (Å²) in [6.07, 6.45) is -3.01. The van der Waals surface area contributed by atoms with Gasteiger partial charge in [0.2, 0.25) is 5.91 Å². The minimum Gasteiger partial charge on any atom is -0.369 e. The second kappa shape index (κ2) is 9.96. The Bertz CT molecular complexity index is 1350. The van der Waals surface area contributed by atoms with Gasteiger partial charge in [-0.05, 0) is 44.0 Å². The molecule has 0 bridgehead atoms. The molecule has 1 amide bonds. The predicted octanol–water partition coefficient (Wildman–Crippen LogP) is 6.03. The summed E-state index contributed by atoms with van der Waals surface area (Å²) in [7, 11) is 0. The van der Waals surface area contributed by atoms with Crippen molar-refractivity contribution in [3.05, 3.63) is 45.0 Å². The lowest BCUT2D eigenvalue weighted by Crippen LogP contribution is -2.51. The van der Waals surface area contributed by atoms with Crippen LogP contribution in [0.5, 0.6) is 0 Å². The third kappa shape index (κ3) is 5.59. The molecule has 2 fully saturated rings. The van der Waals surface area contributed by atoms with Gasteiger partial charge in [0, 0.05) is 46.4 Å². The van der Waals surface area contributed by atoms with Crippen LogP contribution in [0.25, 0.3) is 21.5 Å². The fourth-order valence-electron chi connectivity index (χ4n) is 5.05. The number of rotatable bonds is 5. The van der Waals surface area contributed by atoms with E-state index in [2.05, 4.69) is 15.3 Å². The summed E-state index contributed by atoms with van der Waals surface area (Å²) in [6.45, 7) is 5.31. The van der Waals surface area contributed by atoms with E-state index in [0.29, 0.717) is 43.8 Å². The Morgan fingerprint density at radius 3 is 2.76 bits per heavy atom. The van der Waals surface area contributed by atoms with Gasteiger partial charge in [0.1, 0.15) is 12.4 Å². The molecule has 2 aliphatic heterocycles. The molecule has 2 aromatic heterocycles. The zero-order valence-corrected chi connectivity index (χ0v) is 22.5. The number of nitrogens with zero attached hydrogens (tertiary/aromatic N) is 3. The first kappa shape index (κ1) is 26.6. The molecule has 0 aliphatic carbocycles. The Kier molecular flexibility index (Phi) is 7.17. The maximum absolute atomic E-state index is 13.5. The zero-order valence-electron chi connectivity index (χ0n) is 20.2. The molecule has 4 heterocycles. The van der Waals surface area contributed by atoms with E-state index in [1.165, 1.54) is 17.7 Å². The van der Waals surface area contributed by atoms with E-state index in [1.807, 2.05) is 13.8 Å². The number of carbonyl (C=O) groups is 1. The summed E-state index contributed by atoms with van der Waals surface area (Å²) in [6, 6.07) is 3.40. The molecule has 2 atom stereocenters. The van der Waals surface area contributed by atoms with Crippen LogP contribution in [0.15, 0.2) is 24.5 Å². The molecule has 3 aromatic rings. The molecular weight excluding hydrogens is 548 g/mol. The second-order valence-corrected chi connectivity index (χ2v) is 12.0. The van der Waals surface area contributed by atoms with Crippen LogP contribution < -0.4 is 5.32 Å². The summed E-state index contributed by atoms with van der Waals surface area (Å²) in [5.41, 5.74) is 2.38. The molecule has 0 radical (unpaired) electrons. The number of ether oxygens (including phenoxy) is 1. The van der Waals surface area contributed by atoms with E-state index in [9.17, 15) is 18.0 Å². The number of fused-ring (bicyclic) bond motifs is 1. The van der Waals surface area contributed by atoms with Gasteiger partial charge < -0.3 is 15.0 Å². The molecule has 198 valence electrons. The number of thiophene rings is 1. The molecular formula is C25H25Cl2F3N4O2S. The third-order valence-corrected chi connectivity index (χ3v) is 8.32. The van der Waals surface area contributed by atoms with Gasteiger partial charge in [-0.3, -0.25) is 4.79 Å². The summed E-state index contributed by atoms with van der Waals surface area (Å²) >= 11 is 14.3. The highest BCUT2D eigenvalue weighted by molar-refractivity contribution is 7.19. The fraction of sp³-hybridized carbons (Fsp3) is 0.480. The van der Waals surface area contributed by atoms with Crippen molar-refractivity contribution in [3.8, 4) is 11.3 Å². The normalized spacial score (nSPS) is 22.2. The minimum atomic E-state index is -4.47. The Morgan fingerprint density at radius 1 is 1.24 bits per heavy atom. The van der Waals surface area contributed by atoms with Crippen LogP contribution >= 0.6 is 34.5 Å². The monoisotopic (exact) mass is 572 g/mol. The lowest BCUT2D eigenvalue weighted by atomic mass is 9.96. The van der Waals surface area contributed by atoms with Gasteiger partial charge >= 0.3 is 6.18 Å². The number of hydrogen-bond donors (Lipinski definition) is 1. The van der Waals surface area contributed by atoms with Crippen molar-refractivity contribution in [2.45, 2.75) is 63.6 Å². The maximum Gasteiger partial charge on any atom is 0.408 e. The first-order valence-corrected chi connectivity index (χ1v) is 13.4. The number of halogens is 5. The van der Waals surface area contributed by atoms with Crippen molar-refractivity contribution in [2.24, 2.45) is 0 Å². The van der Waals surface area contributed by atoms with Crippen molar-refractivity contribution < 1.29 is 22.7 Å². The van der Waals surface area contributed by atoms with Crippen molar-refractivity contribution in [1.29, 1.82) is 0 Å². The number of amides is 1. The van der Waals surface area contributed by atoms with Crippen LogP contribution in [0.2, 0.25) is 10.0 Å². The lowest BCUT2D eigenvalue weighted by molar-refractivity contribution is -0.181. The zero-order chi connectivity index (χ0) is 26.5. The number of likely N-dealkylation sites (tertiary alicyclic amines) is 1. The standard InChI is InChI=1S/C25H25Cl2F3N4O2S/c1-24(2)11-31-9-14(36-24)7-16-17(5-13(26)6-18(16)27)22-23-19(32-12-33-22)8-15(37-23)10-34-20(25(28,29)30)3-4-21(34)35/h5-6,8,12,14,20,31H,3-4,7,9-11H2,1-2H3/t14-,20?/m1/s1. The Labute approximate surface area is 226 Å². The van der Waals surface area contributed by atoms with Crippen molar-refractivity contribution in [2.75, 3.05) is 13.1 Å². The van der Waals surface area contributed by atoms with Gasteiger partial charge in [-0.15, -0.1) is 11.3 Å². The molecule has 6 nitrogen and oxygen atoms in total. The highest BCUT2D eigenvalue weighted by atomic mass is 35.5. The first-order valence-electron chi connectivity index (χ1n) is 11.9. The molecule has 1 aromatic carbocycles. The van der Waals surface area contributed by atoms with Crippen LogP contribution in [-0.4, -0.2) is 57.8 Å². The van der Waals surface area contributed by atoms with Gasteiger partial charge in [0.05, 0.1) is 34.2 Å². The van der Waals surface area contributed by atoms with Gasteiger partial charge in [-0.2, -0.15) is 13.2 Å². The largest absolute Gasteiger partial charge is 0.408 e. The predicted molar refractivity (Wildman–Crippen MR) is 138 cm³/mol. The van der Waals surface area contributed by atoms with Crippen molar-refractivity contribution in [3.63, 3.8) is 0 Å². The number of alkyl halides is 3. The highest BCUT2D eigenvalue weighted by Crippen LogP contribution is 2.40. The van der Waals surface area contributed by atoms with E-state index in [1.54, 1.807) is 18.2 Å². The van der Waals surface area contributed by atoms with Crippen LogP contribution in [0.4, 0.5) is 13.2 Å². The molecule has 5 rings (SSSR count). The van der Waals surface area contributed by atoms with Crippen molar-refractivity contribution >= 4 is 50.7 Å². The highest BCUT2D eigenvalue weighted by Gasteiger charge is 2.49. The number of carbonyl (C=O) groups excluding carboxylic acids is 1. The average molecular weight is 573 g/mol. The smallest absolute Gasteiger partial charge is 0.369 e. The third-order valence-electron chi connectivity index (χ3n) is 6.65. The summed E-state index contributed by atoms with van der Waals surface area (Å²) in [5.74, 6) is -0.501. The molecule has 0 spiro atoms. The molecule has 0 saturated carbocycles. The second-order valence-electron chi connectivity index (χ2n) is 10.0. The number of nitrogens with one attached hydrogen (secondary N) is 1. The molecule has 12 heteroatoms. The van der Waals surface area contributed by atoms with E-state index in [4.69, 9.17) is 27.9 Å². The topological polar surface area (TPSA) is 67.4 Å². The number of benzene rings is 1. The Balaban J connectivity index is 1.51. The number of aromatic nitrogens is 2. The van der Waals surface area contributed by atoms with Gasteiger partial charge in [-0.25, -0.2) is 9.97 Å². The molecule has 1 N–H and O–H groups in total. The van der Waals surface area contributed by atoms with Crippen molar-refractivity contribution in [1.82, 2.24) is 20.2 Å². The van der Waals surface area contributed by atoms with Gasteiger partial charge in [0.15, 0.2) is 0 Å². The SMILES string of the molecule is CC1(C)CNC[C@@H](Cc2c(Cl)cc(Cl)cc2-c2ncnc3cc(CN4C(=O)CCC4C(F)(F)F)sc23)O1.